The number of hydrogen-bond donors (Lipinski definition) is 1. The van der Waals surface area contributed by atoms with Crippen molar-refractivity contribution in [1.82, 2.24) is 5.32 Å². The van der Waals surface area contributed by atoms with E-state index in [1.165, 1.54) is 0 Å². The minimum Gasteiger partial charge on any atom is -0.459 e. The summed E-state index contributed by atoms with van der Waals surface area (Å²) < 4.78 is 35.9. The topological polar surface area (TPSA) is 100 Å². The predicted molar refractivity (Wildman–Crippen MR) is 139 cm³/mol. The average molecular weight is 520 g/mol. The molecule has 9 heteroatoms. The Kier molecular flexibility index (Phi) is 10.7. The summed E-state index contributed by atoms with van der Waals surface area (Å²) in [6, 6.07) is 17.3. The fourth-order valence-electron chi connectivity index (χ4n) is 3.22. The Hall–Kier alpha value is -2.67. The van der Waals surface area contributed by atoms with Crippen molar-refractivity contribution in [3.63, 3.8) is 0 Å². The molecule has 2 aromatic rings. The Balaban J connectivity index is 2.12. The van der Waals surface area contributed by atoms with Gasteiger partial charge in [0, 0.05) is 0 Å². The molecule has 0 spiro atoms. The van der Waals surface area contributed by atoms with Crippen molar-refractivity contribution in [1.29, 1.82) is 0 Å². The average Bonchev–Trinajstić information content (AvgIpc) is 2.77. The number of hydrogen-bond acceptors (Lipinski definition) is 7. The lowest BCUT2D eigenvalue weighted by atomic mass is 10.2. The number of amides is 1. The van der Waals surface area contributed by atoms with Crippen LogP contribution in [-0.2, 0) is 41.1 Å². The Morgan fingerprint density at radius 1 is 0.778 bits per heavy atom. The highest BCUT2D eigenvalue weighted by Crippen LogP contribution is 2.54. The highest BCUT2D eigenvalue weighted by atomic mass is 31.2. The van der Waals surface area contributed by atoms with Crippen molar-refractivity contribution in [2.45, 2.75) is 78.4 Å². The Morgan fingerprint density at radius 2 is 1.22 bits per heavy atom. The van der Waals surface area contributed by atoms with E-state index in [4.69, 9.17) is 18.5 Å². The van der Waals surface area contributed by atoms with E-state index in [1.807, 2.05) is 60.7 Å². The second-order valence-corrected chi connectivity index (χ2v) is 12.4. The highest BCUT2D eigenvalue weighted by molar-refractivity contribution is 7.53. The lowest BCUT2D eigenvalue weighted by Crippen LogP contribution is -2.43. The molecule has 0 aliphatic rings. The summed E-state index contributed by atoms with van der Waals surface area (Å²) in [5, 5.41) is 2.55. The second kappa shape index (κ2) is 13.0. The monoisotopic (exact) mass is 519 g/mol. The van der Waals surface area contributed by atoms with Crippen LogP contribution in [0.4, 0.5) is 4.79 Å². The van der Waals surface area contributed by atoms with Crippen LogP contribution in [0.2, 0.25) is 0 Å². The molecule has 0 heterocycles. The van der Waals surface area contributed by atoms with Gasteiger partial charge in [-0.2, -0.15) is 0 Å². The van der Waals surface area contributed by atoms with Crippen LogP contribution in [0.5, 0.6) is 0 Å². The van der Waals surface area contributed by atoms with Crippen molar-refractivity contribution in [2.24, 2.45) is 0 Å². The molecule has 0 saturated heterocycles. The van der Waals surface area contributed by atoms with E-state index in [0.717, 1.165) is 11.1 Å². The second-order valence-electron chi connectivity index (χ2n) is 10.4. The quantitative estimate of drug-likeness (QED) is 0.277. The fourth-order valence-corrected chi connectivity index (χ4v) is 5.68. The maximum Gasteiger partial charge on any atom is 0.408 e. The van der Waals surface area contributed by atoms with Gasteiger partial charge in [0.15, 0.2) is 0 Å². The van der Waals surface area contributed by atoms with Gasteiger partial charge in [-0.25, -0.2) is 9.59 Å². The van der Waals surface area contributed by atoms with E-state index < -0.39 is 36.9 Å². The van der Waals surface area contributed by atoms with Crippen molar-refractivity contribution in [2.75, 3.05) is 6.16 Å². The molecular weight excluding hydrogens is 481 g/mol. The predicted octanol–water partition coefficient (Wildman–Crippen LogP) is 6.24. The van der Waals surface area contributed by atoms with Gasteiger partial charge in [0.05, 0.1) is 17.4 Å². The minimum absolute atomic E-state index is 0.0303. The van der Waals surface area contributed by atoms with E-state index in [1.54, 1.807) is 41.5 Å². The van der Waals surface area contributed by atoms with Crippen LogP contribution < -0.4 is 5.32 Å². The maximum absolute atomic E-state index is 13.6. The van der Waals surface area contributed by atoms with Gasteiger partial charge in [-0.1, -0.05) is 60.7 Å². The molecule has 1 amide bonds. The van der Waals surface area contributed by atoms with Gasteiger partial charge in [-0.15, -0.1) is 0 Å². The molecule has 0 aromatic heterocycles. The normalized spacial score (nSPS) is 13.1. The zero-order valence-corrected chi connectivity index (χ0v) is 22.9. The number of carbonyl (C=O) groups excluding carboxylic acids is 2. The molecule has 1 unspecified atom stereocenters. The fraction of sp³-hybridized carbons (Fsp3) is 0.481. The molecule has 2 rings (SSSR count). The molecule has 0 aliphatic heterocycles. The Labute approximate surface area is 214 Å². The molecule has 1 N–H and O–H groups in total. The number of benzene rings is 2. The van der Waals surface area contributed by atoms with Crippen LogP contribution in [0.3, 0.4) is 0 Å². The van der Waals surface area contributed by atoms with Gasteiger partial charge in [0.2, 0.25) is 0 Å². The summed E-state index contributed by atoms with van der Waals surface area (Å²) in [6.45, 7) is 10.7. The van der Waals surface area contributed by atoms with E-state index in [0.29, 0.717) is 0 Å². The summed E-state index contributed by atoms with van der Waals surface area (Å²) in [6.07, 6.45) is -0.924. The first-order valence-corrected chi connectivity index (χ1v) is 13.7. The van der Waals surface area contributed by atoms with E-state index in [-0.39, 0.29) is 25.8 Å². The third kappa shape index (κ3) is 11.8. The standard InChI is InChI=1S/C27H38NO7P/c1-26(2,3)34-36(31,35-27(4,5)6)18-17-23(24(29)32-19-21-13-9-7-10-14-21)28-25(30)33-20-22-15-11-8-12-16-22/h7-16,23H,17-20H2,1-6H3,(H,28,30). The summed E-state index contributed by atoms with van der Waals surface area (Å²) in [7, 11) is -3.64. The van der Waals surface area contributed by atoms with Crippen molar-refractivity contribution < 1.29 is 32.7 Å². The van der Waals surface area contributed by atoms with Gasteiger partial charge in [0.1, 0.15) is 19.3 Å². The van der Waals surface area contributed by atoms with Crippen LogP contribution >= 0.6 is 7.60 Å². The Bertz CT molecular complexity index is 994. The lowest BCUT2D eigenvalue weighted by molar-refractivity contribution is -0.147. The third-order valence-corrected chi connectivity index (χ3v) is 6.99. The molecule has 36 heavy (non-hydrogen) atoms. The zero-order valence-electron chi connectivity index (χ0n) is 22.0. The molecule has 198 valence electrons. The first-order valence-electron chi connectivity index (χ1n) is 11.9. The number of rotatable bonds is 11. The van der Waals surface area contributed by atoms with Gasteiger partial charge in [0.25, 0.3) is 0 Å². The van der Waals surface area contributed by atoms with E-state index in [9.17, 15) is 14.2 Å². The van der Waals surface area contributed by atoms with Crippen molar-refractivity contribution in [3.05, 3.63) is 71.8 Å². The first kappa shape index (κ1) is 29.6. The van der Waals surface area contributed by atoms with Gasteiger partial charge in [-0.05, 0) is 59.1 Å². The minimum atomic E-state index is -3.64. The number of ether oxygens (including phenoxy) is 2. The molecule has 1 atom stereocenters. The SMILES string of the molecule is CC(C)(C)OP(=O)(CCC(NC(=O)OCc1ccccc1)C(=O)OCc1ccccc1)OC(C)(C)C. The number of carbonyl (C=O) groups is 2. The molecule has 0 radical (unpaired) electrons. The maximum atomic E-state index is 13.6. The largest absolute Gasteiger partial charge is 0.459 e. The first-order chi connectivity index (χ1) is 16.7. The molecule has 0 aliphatic carbocycles. The van der Waals surface area contributed by atoms with Crippen LogP contribution in [0.1, 0.15) is 59.1 Å². The number of nitrogens with one attached hydrogen (secondary N) is 1. The molecule has 8 nitrogen and oxygen atoms in total. The third-order valence-electron chi connectivity index (χ3n) is 4.53. The molecular formula is C27H38NO7P. The molecule has 0 saturated carbocycles. The van der Waals surface area contributed by atoms with E-state index >= 15 is 0 Å². The summed E-state index contributed by atoms with van der Waals surface area (Å²) in [4.78, 5) is 25.5. The van der Waals surface area contributed by atoms with Crippen molar-refractivity contribution >= 4 is 19.7 Å². The number of esters is 1. The molecule has 2 aromatic carbocycles. The van der Waals surface area contributed by atoms with Crippen molar-refractivity contribution in [3.8, 4) is 0 Å². The van der Waals surface area contributed by atoms with Crippen LogP contribution in [-0.4, -0.2) is 35.5 Å². The number of alkyl carbamates (subject to hydrolysis) is 1. The van der Waals surface area contributed by atoms with Crippen LogP contribution in [0, 0.1) is 0 Å². The lowest BCUT2D eigenvalue weighted by Gasteiger charge is -2.32. The highest BCUT2D eigenvalue weighted by Gasteiger charge is 2.37. The van der Waals surface area contributed by atoms with Gasteiger partial charge in [-0.3, -0.25) is 4.57 Å². The van der Waals surface area contributed by atoms with Gasteiger partial charge < -0.3 is 23.8 Å². The Morgan fingerprint density at radius 3 is 1.67 bits per heavy atom. The summed E-state index contributed by atoms with van der Waals surface area (Å²) in [5.41, 5.74) is 0.115. The summed E-state index contributed by atoms with van der Waals surface area (Å²) >= 11 is 0. The van der Waals surface area contributed by atoms with Gasteiger partial charge >= 0.3 is 19.7 Å². The van der Waals surface area contributed by atoms with Crippen LogP contribution in [0.15, 0.2) is 60.7 Å². The summed E-state index contributed by atoms with van der Waals surface area (Å²) in [5.74, 6) is -0.673. The smallest absolute Gasteiger partial charge is 0.408 e. The molecule has 0 fully saturated rings. The zero-order chi connectivity index (χ0) is 26.8. The van der Waals surface area contributed by atoms with E-state index in [2.05, 4.69) is 5.32 Å². The van der Waals surface area contributed by atoms with Crippen LogP contribution in [0.25, 0.3) is 0 Å². The molecule has 0 bridgehead atoms.